The number of nitrogens with zero attached hydrogens (tertiary/aromatic N) is 1. The summed E-state index contributed by atoms with van der Waals surface area (Å²) in [6, 6.07) is 3.48. The Kier molecular flexibility index (Phi) is 6.05. The maximum atomic E-state index is 12.2. The average molecular weight is 291 g/mol. The van der Waals surface area contributed by atoms with Gasteiger partial charge in [0.15, 0.2) is 5.76 Å². The first kappa shape index (κ1) is 15.4. The van der Waals surface area contributed by atoms with Gasteiger partial charge in [-0.15, -0.1) is 12.4 Å². The first-order chi connectivity index (χ1) is 8.24. The van der Waals surface area contributed by atoms with E-state index in [1.165, 1.54) is 0 Å². The molecule has 1 aromatic rings. The Morgan fingerprint density at radius 3 is 3.00 bits per heavy atom. The molecule has 102 valence electrons. The molecule has 0 saturated carbocycles. The summed E-state index contributed by atoms with van der Waals surface area (Å²) in [4.78, 5) is 14.1. The summed E-state index contributed by atoms with van der Waals surface area (Å²) in [5.74, 6) is 2.07. The van der Waals surface area contributed by atoms with Crippen molar-refractivity contribution in [3.8, 4) is 0 Å². The van der Waals surface area contributed by atoms with Crippen LogP contribution in [-0.2, 0) is 6.54 Å². The fraction of sp³-hybridized carbons (Fsp3) is 0.583. The first-order valence-corrected chi connectivity index (χ1v) is 6.99. The van der Waals surface area contributed by atoms with Gasteiger partial charge < -0.3 is 15.1 Å². The van der Waals surface area contributed by atoms with E-state index in [1.807, 2.05) is 16.7 Å². The second kappa shape index (κ2) is 7.07. The highest BCUT2D eigenvalue weighted by atomic mass is 35.5. The minimum absolute atomic E-state index is 0. The van der Waals surface area contributed by atoms with Gasteiger partial charge in [0, 0.05) is 24.1 Å². The molecule has 1 atom stereocenters. The van der Waals surface area contributed by atoms with E-state index in [0.29, 0.717) is 23.3 Å². The predicted octanol–water partition coefficient (Wildman–Crippen LogP) is 2.13. The van der Waals surface area contributed by atoms with Gasteiger partial charge in [0.1, 0.15) is 5.76 Å². The first-order valence-electron chi connectivity index (χ1n) is 5.94. The summed E-state index contributed by atoms with van der Waals surface area (Å²) in [5.41, 5.74) is 5.46. The Morgan fingerprint density at radius 2 is 2.39 bits per heavy atom. The third-order valence-electron chi connectivity index (χ3n) is 2.95. The van der Waals surface area contributed by atoms with Gasteiger partial charge in [-0.25, -0.2) is 0 Å². The molecule has 0 aromatic carbocycles. The van der Waals surface area contributed by atoms with Gasteiger partial charge in [0.2, 0.25) is 0 Å². The predicted molar refractivity (Wildman–Crippen MR) is 76.3 cm³/mol. The highest BCUT2D eigenvalue weighted by Gasteiger charge is 2.25. The zero-order valence-electron chi connectivity index (χ0n) is 10.4. The molecule has 1 unspecified atom stereocenters. The monoisotopic (exact) mass is 290 g/mol. The standard InChI is InChI=1S/C12H18N2O2S.ClH/c1-2-10-8-14(5-6-17-10)12(15)11-4-3-9(7-13)16-11;/h3-4,10H,2,5-8,13H2,1H3;1H. The maximum absolute atomic E-state index is 12.2. The number of nitrogens with two attached hydrogens (primary N) is 1. The zero-order valence-corrected chi connectivity index (χ0v) is 12.1. The summed E-state index contributed by atoms with van der Waals surface area (Å²) in [6.07, 6.45) is 1.10. The average Bonchev–Trinajstić information content (AvgIpc) is 2.86. The summed E-state index contributed by atoms with van der Waals surface area (Å²) >= 11 is 1.94. The summed E-state index contributed by atoms with van der Waals surface area (Å²) < 4.78 is 5.39. The Labute approximate surface area is 118 Å². The van der Waals surface area contributed by atoms with E-state index in [9.17, 15) is 4.79 Å². The van der Waals surface area contributed by atoms with Gasteiger partial charge in [-0.2, -0.15) is 11.8 Å². The Balaban J connectivity index is 0.00000162. The minimum atomic E-state index is -0.0107. The number of furan rings is 1. The summed E-state index contributed by atoms with van der Waals surface area (Å²) in [6.45, 7) is 4.11. The molecule has 2 rings (SSSR count). The molecule has 2 heterocycles. The van der Waals surface area contributed by atoms with Gasteiger partial charge in [0.05, 0.1) is 6.54 Å². The Morgan fingerprint density at radius 1 is 1.61 bits per heavy atom. The van der Waals surface area contributed by atoms with Crippen molar-refractivity contribution in [3.05, 3.63) is 23.7 Å². The SMILES string of the molecule is CCC1CN(C(=O)c2ccc(CN)o2)CCS1.Cl. The number of thioether (sulfide) groups is 1. The van der Waals surface area contributed by atoms with Crippen LogP contribution in [0.25, 0.3) is 0 Å². The number of carbonyl (C=O) groups is 1. The molecule has 1 fully saturated rings. The second-order valence-electron chi connectivity index (χ2n) is 4.12. The third kappa shape index (κ3) is 3.43. The third-order valence-corrected chi connectivity index (χ3v) is 4.33. The number of carbonyl (C=O) groups excluding carboxylic acids is 1. The lowest BCUT2D eigenvalue weighted by Crippen LogP contribution is -2.41. The van der Waals surface area contributed by atoms with Crippen LogP contribution in [0.15, 0.2) is 16.5 Å². The van der Waals surface area contributed by atoms with Gasteiger partial charge in [-0.3, -0.25) is 4.79 Å². The number of rotatable bonds is 3. The van der Waals surface area contributed by atoms with Crippen LogP contribution in [0.5, 0.6) is 0 Å². The molecule has 6 heteroatoms. The lowest BCUT2D eigenvalue weighted by Gasteiger charge is -2.31. The number of hydrogen-bond donors (Lipinski definition) is 1. The van der Waals surface area contributed by atoms with Crippen molar-refractivity contribution in [2.45, 2.75) is 25.1 Å². The molecular formula is C12H19ClN2O2S. The van der Waals surface area contributed by atoms with Crippen molar-refractivity contribution in [1.82, 2.24) is 4.90 Å². The molecule has 0 spiro atoms. The van der Waals surface area contributed by atoms with E-state index < -0.39 is 0 Å². The summed E-state index contributed by atoms with van der Waals surface area (Å²) in [7, 11) is 0. The van der Waals surface area contributed by atoms with Crippen LogP contribution in [0.4, 0.5) is 0 Å². The lowest BCUT2D eigenvalue weighted by molar-refractivity contribution is 0.0727. The van der Waals surface area contributed by atoms with Crippen molar-refractivity contribution in [1.29, 1.82) is 0 Å². The zero-order chi connectivity index (χ0) is 12.3. The molecule has 4 nitrogen and oxygen atoms in total. The lowest BCUT2D eigenvalue weighted by atomic mass is 10.2. The van der Waals surface area contributed by atoms with Crippen molar-refractivity contribution in [2.24, 2.45) is 5.73 Å². The fourth-order valence-corrected chi connectivity index (χ4v) is 3.09. The number of hydrogen-bond acceptors (Lipinski definition) is 4. The Hall–Kier alpha value is -0.650. The molecule has 1 aromatic heterocycles. The molecule has 1 saturated heterocycles. The van der Waals surface area contributed by atoms with E-state index in [2.05, 4.69) is 6.92 Å². The molecule has 0 aliphatic carbocycles. The molecule has 0 radical (unpaired) electrons. The summed E-state index contributed by atoms with van der Waals surface area (Å²) in [5, 5.41) is 0.552. The highest BCUT2D eigenvalue weighted by molar-refractivity contribution is 8.00. The van der Waals surface area contributed by atoms with Crippen LogP contribution >= 0.6 is 24.2 Å². The van der Waals surface area contributed by atoms with Crippen LogP contribution in [0.3, 0.4) is 0 Å². The number of halogens is 1. The van der Waals surface area contributed by atoms with Crippen molar-refractivity contribution < 1.29 is 9.21 Å². The van der Waals surface area contributed by atoms with Gasteiger partial charge in [-0.1, -0.05) is 6.92 Å². The fourth-order valence-electron chi connectivity index (χ4n) is 1.91. The largest absolute Gasteiger partial charge is 0.455 e. The van der Waals surface area contributed by atoms with E-state index in [1.54, 1.807) is 12.1 Å². The number of amides is 1. The van der Waals surface area contributed by atoms with E-state index in [4.69, 9.17) is 10.2 Å². The van der Waals surface area contributed by atoms with E-state index in [0.717, 1.165) is 25.3 Å². The van der Waals surface area contributed by atoms with Crippen LogP contribution in [0.1, 0.15) is 29.7 Å². The molecule has 1 aliphatic rings. The quantitative estimate of drug-likeness (QED) is 0.926. The topological polar surface area (TPSA) is 59.5 Å². The van der Waals surface area contributed by atoms with Gasteiger partial charge in [-0.05, 0) is 18.6 Å². The van der Waals surface area contributed by atoms with Crippen LogP contribution in [0.2, 0.25) is 0 Å². The second-order valence-corrected chi connectivity index (χ2v) is 5.53. The van der Waals surface area contributed by atoms with Crippen LogP contribution in [0, 0.1) is 0 Å². The minimum Gasteiger partial charge on any atom is -0.455 e. The Bertz CT molecular complexity index is 397. The van der Waals surface area contributed by atoms with Gasteiger partial charge >= 0.3 is 0 Å². The van der Waals surface area contributed by atoms with E-state index in [-0.39, 0.29) is 18.3 Å². The van der Waals surface area contributed by atoms with Crippen LogP contribution < -0.4 is 5.73 Å². The molecule has 2 N–H and O–H groups in total. The normalized spacial score (nSPS) is 19.4. The van der Waals surface area contributed by atoms with Gasteiger partial charge in [0.25, 0.3) is 5.91 Å². The molecule has 0 bridgehead atoms. The van der Waals surface area contributed by atoms with Crippen molar-refractivity contribution >= 4 is 30.1 Å². The maximum Gasteiger partial charge on any atom is 0.289 e. The van der Waals surface area contributed by atoms with E-state index >= 15 is 0 Å². The van der Waals surface area contributed by atoms with Crippen LogP contribution in [-0.4, -0.2) is 34.9 Å². The van der Waals surface area contributed by atoms with Crippen molar-refractivity contribution in [3.63, 3.8) is 0 Å². The molecular weight excluding hydrogens is 272 g/mol. The van der Waals surface area contributed by atoms with Crippen molar-refractivity contribution in [2.75, 3.05) is 18.8 Å². The molecule has 18 heavy (non-hydrogen) atoms. The molecule has 1 aliphatic heterocycles. The molecule has 1 amide bonds. The smallest absolute Gasteiger partial charge is 0.289 e. The highest BCUT2D eigenvalue weighted by Crippen LogP contribution is 2.22.